The second-order valence-corrected chi connectivity index (χ2v) is 3.38. The highest BCUT2D eigenvalue weighted by Crippen LogP contribution is 2.12. The fraction of sp³-hybridized carbons (Fsp3) is 0.0909. The van der Waals surface area contributed by atoms with E-state index < -0.39 is 11.5 Å². The molecule has 16 heavy (non-hydrogen) atoms. The number of nitrogens with two attached hydrogens (primary N) is 1. The fourth-order valence-corrected chi connectivity index (χ4v) is 1.38. The summed E-state index contributed by atoms with van der Waals surface area (Å²) in [7, 11) is 0. The van der Waals surface area contributed by atoms with Gasteiger partial charge in [-0.3, -0.25) is 4.57 Å². The Hall–Kier alpha value is -2.17. The molecule has 0 aliphatic carbocycles. The molecule has 2 N–H and O–H groups in total. The molecule has 0 aliphatic heterocycles. The molecule has 5 heteroatoms. The van der Waals surface area contributed by atoms with E-state index in [4.69, 9.17) is 5.73 Å². The second kappa shape index (κ2) is 4.14. The third kappa shape index (κ3) is 2.08. The van der Waals surface area contributed by atoms with Gasteiger partial charge in [-0.15, -0.1) is 0 Å². The van der Waals surface area contributed by atoms with E-state index in [0.29, 0.717) is 11.3 Å². The quantitative estimate of drug-likeness (QED) is 0.767. The van der Waals surface area contributed by atoms with E-state index in [1.54, 1.807) is 24.4 Å². The van der Waals surface area contributed by atoms with Gasteiger partial charge in [-0.2, -0.15) is 0 Å². The van der Waals surface area contributed by atoms with Crippen molar-refractivity contribution in [1.82, 2.24) is 9.55 Å². The summed E-state index contributed by atoms with van der Waals surface area (Å²) in [6.07, 6.45) is 2.96. The summed E-state index contributed by atoms with van der Waals surface area (Å²) >= 11 is 0. The number of hydrogen-bond donors (Lipinski definition) is 1. The van der Waals surface area contributed by atoms with E-state index in [1.807, 2.05) is 0 Å². The molecule has 0 bridgehead atoms. The predicted molar refractivity (Wildman–Crippen MR) is 58.4 cm³/mol. The van der Waals surface area contributed by atoms with Gasteiger partial charge in [0.2, 0.25) is 0 Å². The van der Waals surface area contributed by atoms with Gasteiger partial charge in [0.15, 0.2) is 0 Å². The van der Waals surface area contributed by atoms with Crippen LogP contribution >= 0.6 is 0 Å². The highest BCUT2D eigenvalue weighted by molar-refractivity contribution is 5.40. The number of hydrogen-bond acceptors (Lipinski definition) is 3. The second-order valence-electron chi connectivity index (χ2n) is 3.38. The largest absolute Gasteiger partial charge is 0.399 e. The lowest BCUT2D eigenvalue weighted by Gasteiger charge is -2.06. The number of aromatic nitrogens is 2. The summed E-state index contributed by atoms with van der Waals surface area (Å²) in [5.74, 6) is -0.421. The van der Waals surface area contributed by atoms with Crippen LogP contribution in [-0.4, -0.2) is 9.55 Å². The van der Waals surface area contributed by atoms with E-state index in [0.717, 1.165) is 0 Å². The average Bonchev–Trinajstić information content (AvgIpc) is 2.25. The highest BCUT2D eigenvalue weighted by atomic mass is 19.1. The molecule has 0 radical (unpaired) electrons. The molecule has 0 amide bonds. The van der Waals surface area contributed by atoms with Crippen molar-refractivity contribution in [3.63, 3.8) is 0 Å². The molecule has 0 atom stereocenters. The number of nitrogen functional groups attached to an aromatic ring is 1. The first-order valence-electron chi connectivity index (χ1n) is 4.72. The highest BCUT2D eigenvalue weighted by Gasteiger charge is 2.04. The number of nitrogens with zero attached hydrogens (tertiary/aromatic N) is 2. The lowest BCUT2D eigenvalue weighted by atomic mass is 10.2. The minimum absolute atomic E-state index is 0.152. The Labute approximate surface area is 91.2 Å². The topological polar surface area (TPSA) is 60.9 Å². The van der Waals surface area contributed by atoms with E-state index in [-0.39, 0.29) is 6.54 Å². The van der Waals surface area contributed by atoms with Gasteiger partial charge in [-0.1, -0.05) is 6.07 Å². The van der Waals surface area contributed by atoms with Crippen molar-refractivity contribution < 1.29 is 4.39 Å². The van der Waals surface area contributed by atoms with Gasteiger partial charge in [0.05, 0.1) is 6.54 Å². The number of benzene rings is 1. The number of rotatable bonds is 2. The third-order valence-electron chi connectivity index (χ3n) is 2.20. The van der Waals surface area contributed by atoms with Crippen LogP contribution in [-0.2, 0) is 6.54 Å². The van der Waals surface area contributed by atoms with Gasteiger partial charge in [0.25, 0.3) is 0 Å². The van der Waals surface area contributed by atoms with E-state index >= 15 is 0 Å². The van der Waals surface area contributed by atoms with Gasteiger partial charge in [0.1, 0.15) is 5.82 Å². The molecule has 2 aromatic rings. The summed E-state index contributed by atoms with van der Waals surface area (Å²) in [6, 6.07) is 6.01. The molecule has 2 rings (SSSR count). The van der Waals surface area contributed by atoms with E-state index in [2.05, 4.69) is 4.98 Å². The van der Waals surface area contributed by atoms with Crippen LogP contribution in [0.3, 0.4) is 0 Å². The Morgan fingerprint density at radius 2 is 2.25 bits per heavy atom. The third-order valence-corrected chi connectivity index (χ3v) is 2.20. The van der Waals surface area contributed by atoms with Crippen molar-refractivity contribution in [1.29, 1.82) is 0 Å². The lowest BCUT2D eigenvalue weighted by Crippen LogP contribution is -2.22. The molecule has 0 aliphatic rings. The Kier molecular flexibility index (Phi) is 2.68. The van der Waals surface area contributed by atoms with Crippen molar-refractivity contribution >= 4 is 5.69 Å². The Morgan fingerprint density at radius 3 is 2.94 bits per heavy atom. The monoisotopic (exact) mass is 219 g/mol. The Bertz CT molecular complexity index is 565. The zero-order chi connectivity index (χ0) is 11.5. The van der Waals surface area contributed by atoms with Crippen LogP contribution in [0.2, 0.25) is 0 Å². The molecule has 0 fully saturated rings. The minimum Gasteiger partial charge on any atom is -0.399 e. The molecule has 0 spiro atoms. The maximum atomic E-state index is 13.5. The summed E-state index contributed by atoms with van der Waals surface area (Å²) in [6.45, 7) is 0.152. The smallest absolute Gasteiger partial charge is 0.347 e. The molecule has 0 saturated carbocycles. The van der Waals surface area contributed by atoms with Crippen LogP contribution in [0.25, 0.3) is 0 Å². The standard InChI is InChI=1S/C11H10FN3O/c12-10-6-9(13)3-2-8(10)7-15-5-1-4-14-11(15)16/h1-6H,7,13H2. The van der Waals surface area contributed by atoms with Gasteiger partial charge >= 0.3 is 5.69 Å². The Morgan fingerprint density at radius 1 is 1.44 bits per heavy atom. The maximum absolute atomic E-state index is 13.5. The van der Waals surface area contributed by atoms with Crippen LogP contribution in [0, 0.1) is 5.82 Å². The lowest BCUT2D eigenvalue weighted by molar-refractivity contribution is 0.594. The van der Waals surface area contributed by atoms with E-state index in [9.17, 15) is 9.18 Å². The zero-order valence-corrected chi connectivity index (χ0v) is 8.43. The normalized spacial score (nSPS) is 10.3. The van der Waals surface area contributed by atoms with Crippen LogP contribution in [0.4, 0.5) is 10.1 Å². The van der Waals surface area contributed by atoms with Gasteiger partial charge in [-0.05, 0) is 18.2 Å². The first-order chi connectivity index (χ1) is 7.66. The van der Waals surface area contributed by atoms with Crippen molar-refractivity contribution in [2.75, 3.05) is 5.73 Å². The van der Waals surface area contributed by atoms with Crippen molar-refractivity contribution in [2.45, 2.75) is 6.54 Å². The minimum atomic E-state index is -0.421. The molecular formula is C11H10FN3O. The molecule has 0 saturated heterocycles. The summed E-state index contributed by atoms with van der Waals surface area (Å²) < 4.78 is 14.8. The van der Waals surface area contributed by atoms with Crippen LogP contribution in [0.1, 0.15) is 5.56 Å². The van der Waals surface area contributed by atoms with Crippen molar-refractivity contribution in [2.24, 2.45) is 0 Å². The van der Waals surface area contributed by atoms with E-state index in [1.165, 1.54) is 16.8 Å². The molecule has 1 aromatic heterocycles. The average molecular weight is 219 g/mol. The molecule has 82 valence electrons. The number of anilines is 1. The SMILES string of the molecule is Nc1ccc(Cn2cccnc2=O)c(F)c1. The van der Waals surface area contributed by atoms with Gasteiger partial charge in [-0.25, -0.2) is 14.2 Å². The zero-order valence-electron chi connectivity index (χ0n) is 8.43. The van der Waals surface area contributed by atoms with Crippen molar-refractivity contribution in [3.8, 4) is 0 Å². The summed E-state index contributed by atoms with van der Waals surface area (Å²) in [4.78, 5) is 14.9. The summed E-state index contributed by atoms with van der Waals surface area (Å²) in [5.41, 5.74) is 5.79. The maximum Gasteiger partial charge on any atom is 0.347 e. The molecule has 1 heterocycles. The summed E-state index contributed by atoms with van der Waals surface area (Å²) in [5, 5.41) is 0. The fourth-order valence-electron chi connectivity index (χ4n) is 1.38. The van der Waals surface area contributed by atoms with Crippen LogP contribution < -0.4 is 11.4 Å². The first kappa shape index (κ1) is 10.4. The van der Waals surface area contributed by atoms with Crippen LogP contribution in [0.5, 0.6) is 0 Å². The number of halogens is 1. The molecule has 0 unspecified atom stereocenters. The molecule has 1 aromatic carbocycles. The first-order valence-corrected chi connectivity index (χ1v) is 4.72. The van der Waals surface area contributed by atoms with Crippen LogP contribution in [0.15, 0.2) is 41.5 Å². The van der Waals surface area contributed by atoms with Crippen molar-refractivity contribution in [3.05, 3.63) is 58.5 Å². The van der Waals surface area contributed by atoms with Gasteiger partial charge in [0, 0.05) is 23.6 Å². The predicted octanol–water partition coefficient (Wildman–Crippen LogP) is 1.01. The molecular weight excluding hydrogens is 209 g/mol. The molecule has 4 nitrogen and oxygen atoms in total. The Balaban J connectivity index is 2.35. The van der Waals surface area contributed by atoms with Gasteiger partial charge < -0.3 is 5.73 Å².